The van der Waals surface area contributed by atoms with Crippen LogP contribution in [0.1, 0.15) is 5.56 Å². The summed E-state index contributed by atoms with van der Waals surface area (Å²) >= 11 is 5.85. The van der Waals surface area contributed by atoms with Crippen LogP contribution in [0.3, 0.4) is 0 Å². The van der Waals surface area contributed by atoms with Crippen molar-refractivity contribution < 1.29 is 4.74 Å². The molecule has 0 aliphatic rings. The van der Waals surface area contributed by atoms with Crippen molar-refractivity contribution in [2.45, 2.75) is 0 Å². The van der Waals surface area contributed by atoms with Gasteiger partial charge in [0.2, 0.25) is 0 Å². The Morgan fingerprint density at radius 2 is 2.09 bits per heavy atom. The van der Waals surface area contributed by atoms with Gasteiger partial charge < -0.3 is 4.74 Å². The Hall–Kier alpha value is -0.950. The molecule has 1 aromatic rings. The van der Waals surface area contributed by atoms with Crippen LogP contribution in [0.4, 0.5) is 0 Å². The maximum absolute atomic E-state index is 5.85. The fourth-order valence-corrected chi connectivity index (χ4v) is 0.950. The second-order valence-corrected chi connectivity index (χ2v) is 2.47. The van der Waals surface area contributed by atoms with Gasteiger partial charge in [-0.25, -0.2) is 0 Å². The largest absolute Gasteiger partial charge is 0.504 e. The first-order chi connectivity index (χ1) is 5.34. The Morgan fingerprint density at radius 3 is 2.73 bits per heavy atom. The van der Waals surface area contributed by atoms with Crippen molar-refractivity contribution in [1.82, 2.24) is 0 Å². The number of methoxy groups -OCH3 is 1. The molecule has 0 N–H and O–H groups in total. The number of halogens is 1. The van der Waals surface area contributed by atoms with E-state index in [4.69, 9.17) is 16.3 Å². The second-order valence-electron chi connectivity index (χ2n) is 2.06. The first-order valence-corrected chi connectivity index (χ1v) is 3.66. The molecule has 1 aromatic carbocycles. The minimum Gasteiger partial charge on any atom is -0.504 e. The molecule has 0 aliphatic carbocycles. The summed E-state index contributed by atoms with van der Waals surface area (Å²) in [5, 5.41) is 0.737. The Morgan fingerprint density at radius 1 is 1.36 bits per heavy atom. The molecular weight excluding hydrogens is 160 g/mol. The van der Waals surface area contributed by atoms with Crippen LogP contribution in [0.25, 0.3) is 6.08 Å². The lowest BCUT2D eigenvalue weighted by Gasteiger charge is -1.95. The maximum Gasteiger partial charge on any atom is 0.0831 e. The third kappa shape index (κ3) is 2.28. The highest BCUT2D eigenvalue weighted by molar-refractivity contribution is 6.32. The monoisotopic (exact) mass is 168 g/mol. The first kappa shape index (κ1) is 8.15. The second kappa shape index (κ2) is 4.04. The zero-order valence-corrected chi connectivity index (χ0v) is 7.01. The van der Waals surface area contributed by atoms with Gasteiger partial charge in [0.15, 0.2) is 0 Å². The molecule has 0 fully saturated rings. The number of ether oxygens (including phenoxy) is 1. The van der Waals surface area contributed by atoms with Crippen molar-refractivity contribution in [1.29, 1.82) is 0 Å². The van der Waals surface area contributed by atoms with E-state index in [0.717, 1.165) is 10.6 Å². The van der Waals surface area contributed by atoms with E-state index in [1.165, 1.54) is 0 Å². The minimum atomic E-state index is 0.737. The van der Waals surface area contributed by atoms with Crippen molar-refractivity contribution in [3.05, 3.63) is 41.1 Å². The lowest BCUT2D eigenvalue weighted by molar-refractivity contribution is 0.341. The van der Waals surface area contributed by atoms with Crippen molar-refractivity contribution in [3.63, 3.8) is 0 Å². The molecule has 2 heteroatoms. The van der Waals surface area contributed by atoms with Gasteiger partial charge in [-0.1, -0.05) is 29.8 Å². The smallest absolute Gasteiger partial charge is 0.0831 e. The van der Waals surface area contributed by atoms with Crippen molar-refractivity contribution >= 4 is 17.7 Å². The Balaban J connectivity index is 2.86. The summed E-state index contributed by atoms with van der Waals surface area (Å²) in [6, 6.07) is 7.60. The van der Waals surface area contributed by atoms with Gasteiger partial charge in [0.1, 0.15) is 0 Å². The van der Waals surface area contributed by atoms with E-state index >= 15 is 0 Å². The van der Waals surface area contributed by atoms with Crippen molar-refractivity contribution in [2.75, 3.05) is 7.11 Å². The lowest BCUT2D eigenvalue weighted by atomic mass is 10.2. The average molecular weight is 169 g/mol. The van der Waals surface area contributed by atoms with Gasteiger partial charge >= 0.3 is 0 Å². The minimum absolute atomic E-state index is 0.737. The Labute approximate surface area is 71.3 Å². The fraction of sp³-hybridized carbons (Fsp3) is 0.111. The topological polar surface area (TPSA) is 9.23 Å². The number of benzene rings is 1. The lowest BCUT2D eigenvalue weighted by Crippen LogP contribution is -1.73. The van der Waals surface area contributed by atoms with Gasteiger partial charge in [-0.05, 0) is 17.7 Å². The number of hydrogen-bond donors (Lipinski definition) is 0. The molecule has 0 atom stereocenters. The van der Waals surface area contributed by atoms with Gasteiger partial charge in [0.05, 0.1) is 13.4 Å². The standard InChI is InChI=1S/C9H9ClO/c1-11-7-6-8-4-2-3-5-9(8)10/h2-7H,1H3/b7-6+. The zero-order valence-electron chi connectivity index (χ0n) is 6.25. The predicted molar refractivity (Wildman–Crippen MR) is 47.5 cm³/mol. The van der Waals surface area contributed by atoms with Crippen molar-refractivity contribution in [3.8, 4) is 0 Å². The maximum atomic E-state index is 5.85. The van der Waals surface area contributed by atoms with Crippen LogP contribution in [0.15, 0.2) is 30.5 Å². The average Bonchev–Trinajstić information content (AvgIpc) is 2.03. The summed E-state index contributed by atoms with van der Waals surface area (Å²) in [5.41, 5.74) is 0.969. The number of rotatable bonds is 2. The van der Waals surface area contributed by atoms with Gasteiger partial charge in [-0.2, -0.15) is 0 Å². The molecule has 0 unspecified atom stereocenters. The van der Waals surface area contributed by atoms with E-state index in [0.29, 0.717) is 0 Å². The van der Waals surface area contributed by atoms with Gasteiger partial charge in [-0.15, -0.1) is 0 Å². The van der Waals surface area contributed by atoms with E-state index in [-0.39, 0.29) is 0 Å². The van der Waals surface area contributed by atoms with E-state index < -0.39 is 0 Å². The van der Waals surface area contributed by atoms with E-state index in [1.54, 1.807) is 13.4 Å². The number of hydrogen-bond acceptors (Lipinski definition) is 1. The fourth-order valence-electron chi connectivity index (χ4n) is 0.752. The van der Waals surface area contributed by atoms with Crippen LogP contribution < -0.4 is 0 Å². The zero-order chi connectivity index (χ0) is 8.10. The summed E-state index contributed by atoms with van der Waals surface area (Å²) in [6.45, 7) is 0. The van der Waals surface area contributed by atoms with Crippen LogP contribution in [0.2, 0.25) is 5.02 Å². The summed E-state index contributed by atoms with van der Waals surface area (Å²) < 4.78 is 4.76. The molecule has 0 aromatic heterocycles. The molecule has 58 valence electrons. The molecule has 1 rings (SSSR count). The molecule has 0 spiro atoms. The summed E-state index contributed by atoms with van der Waals surface area (Å²) in [6.07, 6.45) is 3.42. The molecule has 0 radical (unpaired) electrons. The van der Waals surface area contributed by atoms with Crippen molar-refractivity contribution in [2.24, 2.45) is 0 Å². The van der Waals surface area contributed by atoms with Crippen LogP contribution in [-0.4, -0.2) is 7.11 Å². The molecule has 0 saturated carbocycles. The molecule has 11 heavy (non-hydrogen) atoms. The van der Waals surface area contributed by atoms with E-state index in [9.17, 15) is 0 Å². The highest BCUT2D eigenvalue weighted by Crippen LogP contribution is 2.15. The van der Waals surface area contributed by atoms with E-state index in [2.05, 4.69) is 0 Å². The quantitative estimate of drug-likeness (QED) is 0.617. The molecule has 0 saturated heterocycles. The third-order valence-electron chi connectivity index (χ3n) is 1.29. The third-order valence-corrected chi connectivity index (χ3v) is 1.63. The Bertz CT molecular complexity index is 255. The summed E-state index contributed by atoms with van der Waals surface area (Å²) in [7, 11) is 1.60. The normalized spacial score (nSPS) is 10.4. The van der Waals surface area contributed by atoms with Crippen LogP contribution in [0, 0.1) is 0 Å². The Kier molecular flexibility index (Phi) is 2.99. The van der Waals surface area contributed by atoms with Gasteiger partial charge in [-0.3, -0.25) is 0 Å². The van der Waals surface area contributed by atoms with E-state index in [1.807, 2.05) is 30.3 Å². The predicted octanol–water partition coefficient (Wildman–Crippen LogP) is 2.96. The highest BCUT2D eigenvalue weighted by Gasteiger charge is 1.91. The summed E-state index contributed by atoms with van der Waals surface area (Å²) in [4.78, 5) is 0. The van der Waals surface area contributed by atoms with Crippen LogP contribution in [-0.2, 0) is 4.74 Å². The summed E-state index contributed by atoms with van der Waals surface area (Å²) in [5.74, 6) is 0. The molecule has 0 bridgehead atoms. The van der Waals surface area contributed by atoms with Crippen LogP contribution in [0.5, 0.6) is 0 Å². The molecule has 1 nitrogen and oxygen atoms in total. The van der Waals surface area contributed by atoms with Crippen LogP contribution >= 0.6 is 11.6 Å². The first-order valence-electron chi connectivity index (χ1n) is 3.28. The molecule has 0 amide bonds. The molecule has 0 aliphatic heterocycles. The van der Waals surface area contributed by atoms with Gasteiger partial charge in [0, 0.05) is 5.02 Å². The molecular formula is C9H9ClO. The highest BCUT2D eigenvalue weighted by atomic mass is 35.5. The van der Waals surface area contributed by atoms with Gasteiger partial charge in [0.25, 0.3) is 0 Å². The molecule has 0 heterocycles. The SMILES string of the molecule is CO/C=C/c1ccccc1Cl.